The van der Waals surface area contributed by atoms with Gasteiger partial charge < -0.3 is 14.2 Å². The highest BCUT2D eigenvalue weighted by atomic mass is 16.5. The van der Waals surface area contributed by atoms with Crippen LogP contribution in [0.4, 0.5) is 0 Å². The van der Waals surface area contributed by atoms with Gasteiger partial charge in [0.2, 0.25) is 0 Å². The summed E-state index contributed by atoms with van der Waals surface area (Å²) in [5, 5.41) is 0. The van der Waals surface area contributed by atoms with Gasteiger partial charge in [-0.25, -0.2) is 0 Å². The number of hydrogen-bond acceptors (Lipinski definition) is 5. The Hall–Kier alpha value is -3.08. The first kappa shape index (κ1) is 19.7. The zero-order valence-corrected chi connectivity index (χ0v) is 16.3. The van der Waals surface area contributed by atoms with Gasteiger partial charge in [0.15, 0.2) is 5.78 Å². The molecule has 1 aliphatic carbocycles. The minimum absolute atomic E-state index is 0.240. The molecule has 0 spiro atoms. The van der Waals surface area contributed by atoms with Crippen LogP contribution in [0.3, 0.4) is 0 Å². The lowest BCUT2D eigenvalue weighted by molar-refractivity contribution is -0.151. The van der Waals surface area contributed by atoms with E-state index in [2.05, 4.69) is 0 Å². The van der Waals surface area contributed by atoms with E-state index in [9.17, 15) is 9.59 Å². The third-order valence-corrected chi connectivity index (χ3v) is 4.96. The number of methoxy groups -OCH3 is 2. The Labute approximate surface area is 164 Å². The van der Waals surface area contributed by atoms with Crippen molar-refractivity contribution in [1.82, 2.24) is 0 Å². The van der Waals surface area contributed by atoms with Crippen molar-refractivity contribution in [3.8, 4) is 11.5 Å². The van der Waals surface area contributed by atoms with Crippen molar-refractivity contribution in [3.63, 3.8) is 0 Å². The summed E-state index contributed by atoms with van der Waals surface area (Å²) >= 11 is 0. The number of carbonyl (C=O) groups excluding carboxylic acids is 2. The topological polar surface area (TPSA) is 61.8 Å². The van der Waals surface area contributed by atoms with Gasteiger partial charge in [-0.15, -0.1) is 0 Å². The molecule has 0 aliphatic heterocycles. The number of rotatable bonds is 6. The molecule has 0 radical (unpaired) electrons. The number of allylic oxidation sites excluding steroid dienone is 2. The molecule has 5 heteroatoms. The van der Waals surface area contributed by atoms with Crippen LogP contribution in [0.25, 0.3) is 5.57 Å². The predicted molar refractivity (Wildman–Crippen MR) is 106 cm³/mol. The van der Waals surface area contributed by atoms with Crippen molar-refractivity contribution in [2.45, 2.75) is 19.3 Å². The number of benzene rings is 2. The lowest BCUT2D eigenvalue weighted by Gasteiger charge is -2.29. The second-order valence-corrected chi connectivity index (χ2v) is 6.62. The Bertz CT molecular complexity index is 863. The molecule has 28 heavy (non-hydrogen) atoms. The monoisotopic (exact) mass is 380 g/mol. The molecule has 0 bridgehead atoms. The minimum atomic E-state index is -0.835. The summed E-state index contributed by atoms with van der Waals surface area (Å²) in [4.78, 5) is 25.5. The summed E-state index contributed by atoms with van der Waals surface area (Å²) in [6, 6.07) is 15.1. The average Bonchev–Trinajstić information content (AvgIpc) is 2.73. The van der Waals surface area contributed by atoms with Crippen LogP contribution in [0.15, 0.2) is 54.6 Å². The molecule has 0 unspecified atom stereocenters. The van der Waals surface area contributed by atoms with Crippen LogP contribution in [-0.2, 0) is 14.3 Å². The van der Waals surface area contributed by atoms with Crippen molar-refractivity contribution in [3.05, 3.63) is 65.7 Å². The summed E-state index contributed by atoms with van der Waals surface area (Å²) in [6.45, 7) is 1.99. The second-order valence-electron chi connectivity index (χ2n) is 6.62. The van der Waals surface area contributed by atoms with Crippen LogP contribution in [0.2, 0.25) is 0 Å². The molecule has 0 fully saturated rings. The van der Waals surface area contributed by atoms with Crippen LogP contribution in [0.1, 0.15) is 30.4 Å². The Morgan fingerprint density at radius 3 is 2.25 bits per heavy atom. The van der Waals surface area contributed by atoms with E-state index in [4.69, 9.17) is 14.2 Å². The molecular weight excluding hydrogens is 356 g/mol. The molecule has 1 aliphatic rings. The Morgan fingerprint density at radius 1 is 1.04 bits per heavy atom. The highest BCUT2D eigenvalue weighted by Crippen LogP contribution is 2.41. The Balaban J connectivity index is 2.04. The minimum Gasteiger partial charge on any atom is -0.497 e. The lowest BCUT2D eigenvalue weighted by atomic mass is 9.73. The largest absolute Gasteiger partial charge is 0.497 e. The maximum absolute atomic E-state index is 12.9. The Morgan fingerprint density at radius 2 is 1.68 bits per heavy atom. The van der Waals surface area contributed by atoms with Gasteiger partial charge in [-0.1, -0.05) is 30.3 Å². The van der Waals surface area contributed by atoms with Gasteiger partial charge in [0.25, 0.3) is 0 Å². The molecule has 2 aromatic rings. The van der Waals surface area contributed by atoms with Gasteiger partial charge in [0, 0.05) is 12.0 Å². The first-order valence-electron chi connectivity index (χ1n) is 9.26. The van der Waals surface area contributed by atoms with E-state index >= 15 is 0 Å². The molecule has 0 N–H and O–H groups in total. The smallest absolute Gasteiger partial charge is 0.317 e. The van der Waals surface area contributed by atoms with Crippen molar-refractivity contribution in [2.75, 3.05) is 20.8 Å². The fourth-order valence-corrected chi connectivity index (χ4v) is 3.59. The standard InChI is InChI=1S/C23H24O5/c1-4-28-23(25)22-20(15-8-6-5-7-9-15)12-17(13-21(22)24)16-10-18(26-2)14-19(11-16)27-3/h5-11,13-14,20,22H,4,12H2,1-3H3/t20-,22-/m1/s1. The van der Waals surface area contributed by atoms with Crippen molar-refractivity contribution < 1.29 is 23.8 Å². The number of esters is 1. The first-order chi connectivity index (χ1) is 13.6. The molecule has 0 aromatic heterocycles. The van der Waals surface area contributed by atoms with Crippen LogP contribution in [-0.4, -0.2) is 32.6 Å². The van der Waals surface area contributed by atoms with Gasteiger partial charge in [-0.05, 0) is 48.3 Å². The van der Waals surface area contributed by atoms with E-state index < -0.39 is 11.9 Å². The quantitative estimate of drug-likeness (QED) is 0.559. The third kappa shape index (κ3) is 4.09. The summed E-state index contributed by atoms with van der Waals surface area (Å²) in [6.07, 6.45) is 2.09. The third-order valence-electron chi connectivity index (χ3n) is 4.96. The number of ether oxygens (including phenoxy) is 3. The van der Waals surface area contributed by atoms with Gasteiger partial charge in [0.1, 0.15) is 17.4 Å². The van der Waals surface area contributed by atoms with Crippen LogP contribution in [0.5, 0.6) is 11.5 Å². The zero-order chi connectivity index (χ0) is 20.1. The molecule has 0 saturated heterocycles. The van der Waals surface area contributed by atoms with Gasteiger partial charge in [-0.3, -0.25) is 9.59 Å². The normalized spacial score (nSPS) is 19.0. The Kier molecular flexibility index (Phi) is 6.14. The van der Waals surface area contributed by atoms with E-state index in [-0.39, 0.29) is 18.3 Å². The van der Waals surface area contributed by atoms with Crippen LogP contribution >= 0.6 is 0 Å². The van der Waals surface area contributed by atoms with Crippen LogP contribution in [0, 0.1) is 5.92 Å². The molecular formula is C23H24O5. The van der Waals surface area contributed by atoms with Gasteiger partial charge >= 0.3 is 5.97 Å². The van der Waals surface area contributed by atoms with Gasteiger partial charge in [-0.2, -0.15) is 0 Å². The van der Waals surface area contributed by atoms with E-state index in [1.165, 1.54) is 0 Å². The SMILES string of the molecule is CCOC(=O)[C@H]1C(=O)C=C(c2cc(OC)cc(OC)c2)C[C@@H]1c1ccccc1. The summed E-state index contributed by atoms with van der Waals surface area (Å²) < 4.78 is 15.9. The first-order valence-corrected chi connectivity index (χ1v) is 9.26. The number of ketones is 1. The van der Waals surface area contributed by atoms with E-state index in [1.807, 2.05) is 42.5 Å². The molecule has 0 saturated carbocycles. The highest BCUT2D eigenvalue weighted by molar-refractivity contribution is 6.10. The second kappa shape index (κ2) is 8.74. The maximum atomic E-state index is 12.9. The van der Waals surface area contributed by atoms with Crippen molar-refractivity contribution in [2.24, 2.45) is 5.92 Å². The molecule has 2 aromatic carbocycles. The van der Waals surface area contributed by atoms with Crippen molar-refractivity contribution >= 4 is 17.3 Å². The molecule has 0 heterocycles. The van der Waals surface area contributed by atoms with E-state index in [0.717, 1.165) is 16.7 Å². The molecule has 3 rings (SSSR count). The highest BCUT2D eigenvalue weighted by Gasteiger charge is 2.39. The number of hydrogen-bond donors (Lipinski definition) is 0. The molecule has 0 amide bonds. The summed E-state index contributed by atoms with van der Waals surface area (Å²) in [5.41, 5.74) is 2.62. The summed E-state index contributed by atoms with van der Waals surface area (Å²) in [5.74, 6) is -0.545. The molecule has 5 nitrogen and oxygen atoms in total. The van der Waals surface area contributed by atoms with E-state index in [0.29, 0.717) is 17.9 Å². The predicted octanol–water partition coefficient (Wildman–Crippen LogP) is 4.02. The zero-order valence-electron chi connectivity index (χ0n) is 16.3. The fourth-order valence-electron chi connectivity index (χ4n) is 3.59. The maximum Gasteiger partial charge on any atom is 0.317 e. The van der Waals surface area contributed by atoms with Crippen molar-refractivity contribution in [1.29, 1.82) is 0 Å². The lowest BCUT2D eigenvalue weighted by Crippen LogP contribution is -2.34. The molecule has 146 valence electrons. The summed E-state index contributed by atoms with van der Waals surface area (Å²) in [7, 11) is 3.17. The number of carbonyl (C=O) groups is 2. The average molecular weight is 380 g/mol. The van der Waals surface area contributed by atoms with E-state index in [1.54, 1.807) is 33.3 Å². The molecule has 2 atom stereocenters. The fraction of sp³-hybridized carbons (Fsp3) is 0.304. The van der Waals surface area contributed by atoms with Gasteiger partial charge in [0.05, 0.1) is 20.8 Å². The van der Waals surface area contributed by atoms with Crippen LogP contribution < -0.4 is 9.47 Å².